The van der Waals surface area contributed by atoms with Gasteiger partial charge in [-0.1, -0.05) is 6.08 Å². The zero-order chi connectivity index (χ0) is 17.4. The number of nitrogens with zero attached hydrogens (tertiary/aromatic N) is 2. The zero-order valence-corrected chi connectivity index (χ0v) is 14.0. The highest BCUT2D eigenvalue weighted by Gasteiger charge is 2.29. The van der Waals surface area contributed by atoms with Crippen molar-refractivity contribution in [2.45, 2.75) is 26.7 Å². The first kappa shape index (κ1) is 16.1. The number of aromatic nitrogens is 2. The fraction of sp³-hybridized carbons (Fsp3) is 0.333. The molecule has 24 heavy (non-hydrogen) atoms. The maximum atomic E-state index is 12.7. The summed E-state index contributed by atoms with van der Waals surface area (Å²) < 4.78 is 1.53. The van der Waals surface area contributed by atoms with Gasteiger partial charge in [-0.05, 0) is 32.8 Å². The fourth-order valence-corrected chi connectivity index (χ4v) is 2.77. The SMILES string of the molecule is C/C=C(\C(C)=N)c1cc2cnc(NC(=O)C3CC3)cc2n(C)c1=O. The maximum Gasteiger partial charge on any atom is 0.258 e. The van der Waals surface area contributed by atoms with Crippen LogP contribution < -0.4 is 10.9 Å². The van der Waals surface area contributed by atoms with Crippen molar-refractivity contribution in [2.75, 3.05) is 5.32 Å². The van der Waals surface area contributed by atoms with E-state index in [1.165, 1.54) is 4.57 Å². The van der Waals surface area contributed by atoms with Crippen LogP contribution in [0.3, 0.4) is 0 Å². The van der Waals surface area contributed by atoms with Crippen LogP contribution in [0.1, 0.15) is 32.3 Å². The van der Waals surface area contributed by atoms with Gasteiger partial charge in [0.25, 0.3) is 5.56 Å². The molecule has 1 amide bonds. The van der Waals surface area contributed by atoms with Gasteiger partial charge in [0, 0.05) is 47.5 Å². The Morgan fingerprint density at radius 1 is 1.42 bits per heavy atom. The molecule has 0 bridgehead atoms. The summed E-state index contributed by atoms with van der Waals surface area (Å²) in [5.74, 6) is 0.539. The molecule has 2 N–H and O–H groups in total. The standard InChI is InChI=1S/C18H20N4O2/c1-4-13(10(2)19)14-7-12-9-20-16(21-17(23)11-5-6-11)8-15(12)22(3)18(14)24/h4,7-9,11,19H,5-6H2,1-3H3,(H,20,21,23)/b13-4+,19-10?. The summed E-state index contributed by atoms with van der Waals surface area (Å²) >= 11 is 0. The Labute approximate surface area is 139 Å². The zero-order valence-electron chi connectivity index (χ0n) is 14.0. The van der Waals surface area contributed by atoms with E-state index < -0.39 is 0 Å². The van der Waals surface area contributed by atoms with Gasteiger partial charge in [0.15, 0.2) is 0 Å². The molecule has 1 aliphatic carbocycles. The van der Waals surface area contributed by atoms with Gasteiger partial charge < -0.3 is 15.3 Å². The normalized spacial score (nSPS) is 14.7. The minimum Gasteiger partial charge on any atom is -0.311 e. The number of hydrogen-bond acceptors (Lipinski definition) is 4. The van der Waals surface area contributed by atoms with Crippen molar-refractivity contribution in [3.05, 3.63) is 40.3 Å². The molecule has 6 heteroatoms. The van der Waals surface area contributed by atoms with Crippen molar-refractivity contribution in [1.82, 2.24) is 9.55 Å². The van der Waals surface area contributed by atoms with E-state index in [9.17, 15) is 9.59 Å². The van der Waals surface area contributed by atoms with Crippen molar-refractivity contribution >= 4 is 33.9 Å². The summed E-state index contributed by atoms with van der Waals surface area (Å²) in [5, 5.41) is 11.4. The Bertz CT molecular complexity index is 936. The van der Waals surface area contributed by atoms with E-state index in [-0.39, 0.29) is 17.4 Å². The molecule has 1 saturated carbocycles. The molecule has 0 aliphatic heterocycles. The van der Waals surface area contributed by atoms with Gasteiger partial charge in [-0.3, -0.25) is 9.59 Å². The molecule has 3 rings (SSSR count). The number of carbonyl (C=O) groups excluding carboxylic acids is 1. The van der Waals surface area contributed by atoms with Gasteiger partial charge in [-0.25, -0.2) is 4.98 Å². The second-order valence-electron chi connectivity index (χ2n) is 6.14. The second-order valence-corrected chi connectivity index (χ2v) is 6.14. The molecule has 0 spiro atoms. The Hall–Kier alpha value is -2.76. The van der Waals surface area contributed by atoms with Crippen LogP contribution in [0.2, 0.25) is 0 Å². The summed E-state index contributed by atoms with van der Waals surface area (Å²) in [4.78, 5) is 28.8. The fourth-order valence-electron chi connectivity index (χ4n) is 2.77. The Morgan fingerprint density at radius 2 is 2.12 bits per heavy atom. The lowest BCUT2D eigenvalue weighted by molar-refractivity contribution is -0.117. The molecule has 2 heterocycles. The third kappa shape index (κ3) is 2.87. The average Bonchev–Trinajstić information content (AvgIpc) is 3.38. The summed E-state index contributed by atoms with van der Waals surface area (Å²) in [6.07, 6.45) is 5.27. The molecule has 6 nitrogen and oxygen atoms in total. The summed E-state index contributed by atoms with van der Waals surface area (Å²) in [7, 11) is 1.69. The molecule has 1 aliphatic rings. The number of anilines is 1. The Kier molecular flexibility index (Phi) is 4.05. The van der Waals surface area contributed by atoms with E-state index >= 15 is 0 Å². The number of allylic oxidation sites excluding steroid dienone is 2. The molecule has 124 valence electrons. The van der Waals surface area contributed by atoms with Crippen LogP contribution in [0, 0.1) is 11.3 Å². The first-order chi connectivity index (χ1) is 11.4. The predicted octanol–water partition coefficient (Wildman–Crippen LogP) is 2.72. The number of carbonyl (C=O) groups is 1. The van der Waals surface area contributed by atoms with Crippen molar-refractivity contribution in [3.63, 3.8) is 0 Å². The van der Waals surface area contributed by atoms with Gasteiger partial charge in [0.05, 0.1) is 5.52 Å². The first-order valence-corrected chi connectivity index (χ1v) is 7.95. The van der Waals surface area contributed by atoms with Crippen LogP contribution in [0.15, 0.2) is 29.2 Å². The van der Waals surface area contributed by atoms with E-state index in [4.69, 9.17) is 5.41 Å². The van der Waals surface area contributed by atoms with E-state index in [0.717, 1.165) is 18.2 Å². The van der Waals surface area contributed by atoms with E-state index in [1.54, 1.807) is 38.4 Å². The quantitative estimate of drug-likeness (QED) is 0.848. The molecule has 1 fully saturated rings. The molecular formula is C18H20N4O2. The van der Waals surface area contributed by atoms with E-state index in [1.807, 2.05) is 6.92 Å². The van der Waals surface area contributed by atoms with Crippen LogP contribution in [0.25, 0.3) is 16.5 Å². The molecule has 0 radical (unpaired) electrons. The van der Waals surface area contributed by atoms with Gasteiger partial charge in [-0.15, -0.1) is 0 Å². The molecule has 0 saturated heterocycles. The Morgan fingerprint density at radius 3 is 2.71 bits per heavy atom. The number of nitrogens with one attached hydrogen (secondary N) is 2. The highest BCUT2D eigenvalue weighted by molar-refractivity contribution is 6.21. The number of pyridine rings is 2. The summed E-state index contributed by atoms with van der Waals surface area (Å²) in [5.41, 5.74) is 1.96. The smallest absolute Gasteiger partial charge is 0.258 e. The van der Waals surface area contributed by atoms with Crippen LogP contribution in [-0.2, 0) is 11.8 Å². The Balaban J connectivity index is 2.08. The number of fused-ring (bicyclic) bond motifs is 1. The van der Waals surface area contributed by atoms with Crippen LogP contribution in [0.5, 0.6) is 0 Å². The van der Waals surface area contributed by atoms with Crippen molar-refractivity contribution in [3.8, 4) is 0 Å². The van der Waals surface area contributed by atoms with Crippen LogP contribution >= 0.6 is 0 Å². The highest BCUT2D eigenvalue weighted by Crippen LogP contribution is 2.30. The van der Waals surface area contributed by atoms with E-state index in [0.29, 0.717) is 28.2 Å². The molecular weight excluding hydrogens is 304 g/mol. The molecule has 0 unspecified atom stereocenters. The lowest BCUT2D eigenvalue weighted by atomic mass is 10.0. The van der Waals surface area contributed by atoms with Crippen LogP contribution in [-0.4, -0.2) is 21.2 Å². The predicted molar refractivity (Wildman–Crippen MR) is 95.4 cm³/mol. The van der Waals surface area contributed by atoms with Crippen molar-refractivity contribution < 1.29 is 4.79 Å². The highest BCUT2D eigenvalue weighted by atomic mass is 16.2. The number of hydrogen-bond donors (Lipinski definition) is 2. The van der Waals surface area contributed by atoms with Gasteiger partial charge in [0.2, 0.25) is 5.91 Å². The van der Waals surface area contributed by atoms with Crippen molar-refractivity contribution in [2.24, 2.45) is 13.0 Å². The average molecular weight is 324 g/mol. The van der Waals surface area contributed by atoms with Gasteiger partial charge in [0.1, 0.15) is 5.82 Å². The molecule has 2 aromatic heterocycles. The third-order valence-corrected chi connectivity index (χ3v) is 4.29. The van der Waals surface area contributed by atoms with Gasteiger partial charge in [-0.2, -0.15) is 0 Å². The number of rotatable bonds is 4. The third-order valence-electron chi connectivity index (χ3n) is 4.29. The lowest BCUT2D eigenvalue weighted by Crippen LogP contribution is -2.22. The largest absolute Gasteiger partial charge is 0.311 e. The maximum absolute atomic E-state index is 12.7. The minimum absolute atomic E-state index is 0.0147. The molecule has 0 atom stereocenters. The topological polar surface area (TPSA) is 87.8 Å². The second kappa shape index (κ2) is 6.03. The van der Waals surface area contributed by atoms with Crippen LogP contribution in [0.4, 0.5) is 5.82 Å². The summed E-state index contributed by atoms with van der Waals surface area (Å²) in [6.45, 7) is 3.47. The monoisotopic (exact) mass is 324 g/mol. The van der Waals surface area contributed by atoms with E-state index in [2.05, 4.69) is 10.3 Å². The lowest BCUT2D eigenvalue weighted by Gasteiger charge is -2.12. The molecule has 0 aromatic carbocycles. The molecule has 2 aromatic rings. The number of aryl methyl sites for hydroxylation is 1. The number of amides is 1. The summed E-state index contributed by atoms with van der Waals surface area (Å²) in [6, 6.07) is 3.47. The first-order valence-electron chi connectivity index (χ1n) is 7.95. The van der Waals surface area contributed by atoms with Crippen molar-refractivity contribution in [1.29, 1.82) is 5.41 Å². The minimum atomic E-state index is -0.173. The van der Waals surface area contributed by atoms with Gasteiger partial charge >= 0.3 is 0 Å².